The van der Waals surface area contributed by atoms with Gasteiger partial charge < -0.3 is 14.2 Å². The molecule has 33 heavy (non-hydrogen) atoms. The summed E-state index contributed by atoms with van der Waals surface area (Å²) in [6, 6.07) is 14.7. The van der Waals surface area contributed by atoms with E-state index in [4.69, 9.17) is 14.2 Å². The molecule has 0 aliphatic heterocycles. The van der Waals surface area contributed by atoms with Crippen LogP contribution in [0.2, 0.25) is 0 Å². The Morgan fingerprint density at radius 3 is 2.30 bits per heavy atom. The predicted molar refractivity (Wildman–Crippen MR) is 129 cm³/mol. The van der Waals surface area contributed by atoms with E-state index in [-0.39, 0.29) is 17.9 Å². The lowest BCUT2D eigenvalue weighted by Crippen LogP contribution is -2.40. The number of allylic oxidation sites excluding steroid dienone is 2. The molecule has 4 nitrogen and oxygen atoms in total. The first kappa shape index (κ1) is 24.5. The van der Waals surface area contributed by atoms with Crippen molar-refractivity contribution >= 4 is 11.5 Å². The van der Waals surface area contributed by atoms with E-state index in [0.29, 0.717) is 19.6 Å². The molecule has 0 heterocycles. The highest BCUT2D eigenvalue weighted by atomic mass is 19.1. The standard InChI is InChI=1S/C28H31FO4/c1-5-31-27(30)28(3,4)33-26-16-14-25(15-17-26)32-19-18-20(2)21-6-8-22(9-7-21)23-10-12-24(29)13-11-23/h6-16,18,26H,5,17,19H2,1-4H3/b20-18+. The fraction of sp³-hybridized carbons (Fsp3) is 0.321. The van der Waals surface area contributed by atoms with Gasteiger partial charge in [-0.25, -0.2) is 9.18 Å². The summed E-state index contributed by atoms with van der Waals surface area (Å²) in [5, 5.41) is 0. The van der Waals surface area contributed by atoms with Crippen molar-refractivity contribution in [3.63, 3.8) is 0 Å². The molecule has 1 unspecified atom stereocenters. The van der Waals surface area contributed by atoms with Crippen molar-refractivity contribution in [2.45, 2.75) is 45.8 Å². The Kier molecular flexibility index (Phi) is 8.23. The van der Waals surface area contributed by atoms with Gasteiger partial charge in [-0.15, -0.1) is 0 Å². The number of hydrogen-bond acceptors (Lipinski definition) is 4. The molecule has 174 valence electrons. The van der Waals surface area contributed by atoms with Gasteiger partial charge in [0.25, 0.3) is 0 Å². The van der Waals surface area contributed by atoms with E-state index >= 15 is 0 Å². The fourth-order valence-corrected chi connectivity index (χ4v) is 3.46. The number of rotatable bonds is 9. The number of carbonyl (C=O) groups excluding carboxylic acids is 1. The van der Waals surface area contributed by atoms with Crippen molar-refractivity contribution in [3.05, 3.63) is 90.0 Å². The molecular formula is C28H31FO4. The summed E-state index contributed by atoms with van der Waals surface area (Å²) in [5.74, 6) is 0.177. The minimum Gasteiger partial charge on any atom is -0.490 e. The van der Waals surface area contributed by atoms with Crippen molar-refractivity contribution in [1.82, 2.24) is 0 Å². The maximum absolute atomic E-state index is 13.1. The highest BCUT2D eigenvalue weighted by Gasteiger charge is 2.32. The van der Waals surface area contributed by atoms with Gasteiger partial charge in [-0.1, -0.05) is 42.5 Å². The van der Waals surface area contributed by atoms with Crippen molar-refractivity contribution in [3.8, 4) is 11.1 Å². The molecule has 1 aliphatic carbocycles. The third kappa shape index (κ3) is 6.90. The summed E-state index contributed by atoms with van der Waals surface area (Å²) in [6.07, 6.45) is 8.20. The summed E-state index contributed by atoms with van der Waals surface area (Å²) in [6.45, 7) is 8.03. The van der Waals surface area contributed by atoms with E-state index in [1.807, 2.05) is 43.4 Å². The molecule has 1 aliphatic rings. The number of esters is 1. The highest BCUT2D eigenvalue weighted by molar-refractivity contribution is 5.78. The van der Waals surface area contributed by atoms with E-state index in [1.54, 1.807) is 32.9 Å². The Morgan fingerprint density at radius 1 is 1.09 bits per heavy atom. The van der Waals surface area contributed by atoms with Gasteiger partial charge in [0.1, 0.15) is 18.2 Å². The van der Waals surface area contributed by atoms with Gasteiger partial charge in [-0.2, -0.15) is 0 Å². The first-order valence-electron chi connectivity index (χ1n) is 11.2. The quantitative estimate of drug-likeness (QED) is 0.410. The predicted octanol–water partition coefficient (Wildman–Crippen LogP) is 6.48. The van der Waals surface area contributed by atoms with Crippen LogP contribution in [0, 0.1) is 5.82 Å². The Labute approximate surface area is 195 Å². The Bertz CT molecular complexity index is 1030. The Morgan fingerprint density at radius 2 is 1.73 bits per heavy atom. The normalized spacial score (nSPS) is 16.3. The van der Waals surface area contributed by atoms with Crippen LogP contribution < -0.4 is 0 Å². The third-order valence-electron chi connectivity index (χ3n) is 5.40. The molecule has 0 N–H and O–H groups in total. The van der Waals surface area contributed by atoms with E-state index in [1.165, 1.54) is 12.1 Å². The number of hydrogen-bond donors (Lipinski definition) is 0. The van der Waals surface area contributed by atoms with Crippen LogP contribution in [0.15, 0.2) is 78.6 Å². The lowest BCUT2D eigenvalue weighted by molar-refractivity contribution is -0.171. The monoisotopic (exact) mass is 450 g/mol. The van der Waals surface area contributed by atoms with Gasteiger partial charge in [0.2, 0.25) is 0 Å². The van der Waals surface area contributed by atoms with E-state index in [0.717, 1.165) is 28.0 Å². The molecule has 2 aromatic carbocycles. The SMILES string of the molecule is CCOC(=O)C(C)(C)OC1C=CC(OC/C=C(\C)c2ccc(-c3ccc(F)cc3)cc2)=CC1. The second kappa shape index (κ2) is 11.1. The molecule has 0 amide bonds. The molecule has 0 radical (unpaired) electrons. The lowest BCUT2D eigenvalue weighted by Gasteiger charge is -2.28. The second-order valence-corrected chi connectivity index (χ2v) is 8.37. The van der Waals surface area contributed by atoms with Crippen LogP contribution in [0.4, 0.5) is 4.39 Å². The third-order valence-corrected chi connectivity index (χ3v) is 5.40. The molecule has 2 aromatic rings. The van der Waals surface area contributed by atoms with Crippen LogP contribution in [0.25, 0.3) is 16.7 Å². The first-order chi connectivity index (χ1) is 15.8. The molecular weight excluding hydrogens is 419 g/mol. The average molecular weight is 451 g/mol. The number of ether oxygens (including phenoxy) is 3. The maximum Gasteiger partial charge on any atom is 0.337 e. The molecule has 0 aromatic heterocycles. The minimum atomic E-state index is -0.997. The zero-order valence-corrected chi connectivity index (χ0v) is 19.6. The summed E-state index contributed by atoms with van der Waals surface area (Å²) in [4.78, 5) is 12.0. The molecule has 0 saturated carbocycles. The summed E-state index contributed by atoms with van der Waals surface area (Å²) in [5.41, 5.74) is 3.24. The minimum absolute atomic E-state index is 0.200. The molecule has 1 atom stereocenters. The summed E-state index contributed by atoms with van der Waals surface area (Å²) >= 11 is 0. The van der Waals surface area contributed by atoms with Crippen molar-refractivity contribution in [2.75, 3.05) is 13.2 Å². The topological polar surface area (TPSA) is 44.8 Å². The number of benzene rings is 2. The van der Waals surface area contributed by atoms with Gasteiger partial charge >= 0.3 is 5.97 Å². The largest absolute Gasteiger partial charge is 0.490 e. The van der Waals surface area contributed by atoms with Crippen molar-refractivity contribution in [2.24, 2.45) is 0 Å². The second-order valence-electron chi connectivity index (χ2n) is 8.37. The highest BCUT2D eigenvalue weighted by Crippen LogP contribution is 2.24. The summed E-state index contributed by atoms with van der Waals surface area (Å²) in [7, 11) is 0. The maximum atomic E-state index is 13.1. The van der Waals surface area contributed by atoms with Gasteiger partial charge in [0.15, 0.2) is 5.60 Å². The Hall–Kier alpha value is -3.18. The van der Waals surface area contributed by atoms with Crippen molar-refractivity contribution < 1.29 is 23.4 Å². The molecule has 0 saturated heterocycles. The zero-order chi connectivity index (χ0) is 23.8. The zero-order valence-electron chi connectivity index (χ0n) is 19.6. The van der Waals surface area contributed by atoms with E-state index in [9.17, 15) is 9.18 Å². The lowest BCUT2D eigenvalue weighted by atomic mass is 10.0. The number of carbonyl (C=O) groups is 1. The van der Waals surface area contributed by atoms with Gasteiger partial charge in [0.05, 0.1) is 12.7 Å². The first-order valence-corrected chi connectivity index (χ1v) is 11.2. The smallest absolute Gasteiger partial charge is 0.337 e. The van der Waals surface area contributed by atoms with Crippen LogP contribution in [0.1, 0.15) is 39.7 Å². The van der Waals surface area contributed by atoms with Crippen LogP contribution in [0.5, 0.6) is 0 Å². The van der Waals surface area contributed by atoms with E-state index < -0.39 is 5.60 Å². The molecule has 0 spiro atoms. The van der Waals surface area contributed by atoms with Gasteiger partial charge in [-0.05, 0) is 86.7 Å². The van der Waals surface area contributed by atoms with Crippen LogP contribution in [-0.4, -0.2) is 30.9 Å². The van der Waals surface area contributed by atoms with Gasteiger partial charge in [0, 0.05) is 0 Å². The van der Waals surface area contributed by atoms with Crippen LogP contribution in [0.3, 0.4) is 0 Å². The van der Waals surface area contributed by atoms with Gasteiger partial charge in [-0.3, -0.25) is 0 Å². The van der Waals surface area contributed by atoms with Crippen LogP contribution in [-0.2, 0) is 19.0 Å². The number of halogens is 1. The van der Waals surface area contributed by atoms with Crippen LogP contribution >= 0.6 is 0 Å². The van der Waals surface area contributed by atoms with E-state index in [2.05, 4.69) is 12.1 Å². The van der Waals surface area contributed by atoms with Crippen molar-refractivity contribution in [1.29, 1.82) is 0 Å². The average Bonchev–Trinajstić information content (AvgIpc) is 2.81. The molecule has 5 heteroatoms. The summed E-state index contributed by atoms with van der Waals surface area (Å²) < 4.78 is 29.9. The molecule has 0 fully saturated rings. The fourth-order valence-electron chi connectivity index (χ4n) is 3.46. The Balaban J connectivity index is 1.49. The molecule has 3 rings (SSSR count). The molecule has 0 bridgehead atoms.